The van der Waals surface area contributed by atoms with E-state index in [9.17, 15) is 9.18 Å². The molecule has 59 valence electrons. The number of amides is 1. The predicted octanol–water partition coefficient (Wildman–Crippen LogP) is 1.08. The van der Waals surface area contributed by atoms with Gasteiger partial charge in [0.1, 0.15) is 0 Å². The molecule has 3 nitrogen and oxygen atoms in total. The molecule has 1 radical (unpaired) electrons. The second-order valence-electron chi connectivity index (χ2n) is 2.34. The third-order valence-corrected chi connectivity index (χ3v) is 1.61. The molecule has 0 N–H and O–H groups in total. The summed E-state index contributed by atoms with van der Waals surface area (Å²) in [6, 6.07) is 6.33. The first-order chi connectivity index (χ1) is 5.79. The number of rotatable bonds is 0. The van der Waals surface area contributed by atoms with Crippen molar-refractivity contribution >= 4 is 11.9 Å². The smallest absolute Gasteiger partial charge is 0.265 e. The minimum absolute atomic E-state index is 0.220. The van der Waals surface area contributed by atoms with Gasteiger partial charge in [0.2, 0.25) is 5.97 Å². The molecule has 0 fully saturated rings. The molecule has 1 aromatic rings. The topological polar surface area (TPSA) is 43.5 Å². The molecule has 1 amide bonds. The fourth-order valence-electron chi connectivity index (χ4n) is 1.05. The number of hydrogen-bond donors (Lipinski definition) is 0. The van der Waals surface area contributed by atoms with Crippen molar-refractivity contribution in [3.8, 4) is 0 Å². The van der Waals surface area contributed by atoms with E-state index < -0.39 is 11.9 Å². The lowest BCUT2D eigenvalue weighted by Gasteiger charge is -2.07. The number of benzene rings is 1. The number of carbonyl (C=O) groups is 1. The van der Waals surface area contributed by atoms with Gasteiger partial charge in [-0.25, -0.2) is 0 Å². The van der Waals surface area contributed by atoms with Gasteiger partial charge in [-0.15, -0.1) is 10.5 Å². The molecule has 0 unspecified atom stereocenters. The highest BCUT2D eigenvalue weighted by Gasteiger charge is 2.20. The first kappa shape index (κ1) is 6.97. The van der Waals surface area contributed by atoms with Crippen LogP contribution in [-0.2, 0) is 0 Å². The van der Waals surface area contributed by atoms with Gasteiger partial charge in [0, 0.05) is 5.56 Å². The maximum Gasteiger partial charge on any atom is 0.296 e. The fraction of sp³-hybridized carbons (Fsp3) is 0. The molecule has 0 bridgehead atoms. The zero-order valence-electron chi connectivity index (χ0n) is 5.99. The first-order valence-electron chi connectivity index (χ1n) is 3.37. The van der Waals surface area contributed by atoms with E-state index in [1.807, 2.05) is 0 Å². The van der Waals surface area contributed by atoms with E-state index in [1.165, 1.54) is 12.1 Å². The van der Waals surface area contributed by atoms with Crippen molar-refractivity contribution < 1.29 is 9.18 Å². The SMILES string of the molecule is O=C1[N]N=C(F)c2ccccc21. The van der Waals surface area contributed by atoms with Crippen molar-refractivity contribution in [2.24, 2.45) is 5.10 Å². The Balaban J connectivity index is 2.66. The highest BCUT2D eigenvalue weighted by Crippen LogP contribution is 2.14. The van der Waals surface area contributed by atoms with Crippen molar-refractivity contribution in [1.29, 1.82) is 0 Å². The third-order valence-electron chi connectivity index (χ3n) is 1.61. The summed E-state index contributed by atoms with van der Waals surface area (Å²) < 4.78 is 12.9. The Morgan fingerprint density at radius 1 is 1.17 bits per heavy atom. The Bertz CT molecular complexity index is 373. The molecular weight excluding hydrogens is 159 g/mol. The molecule has 2 rings (SSSR count). The van der Waals surface area contributed by atoms with Crippen molar-refractivity contribution in [2.45, 2.75) is 0 Å². The van der Waals surface area contributed by atoms with E-state index in [0.717, 1.165) is 0 Å². The van der Waals surface area contributed by atoms with Crippen LogP contribution in [0.25, 0.3) is 0 Å². The maximum absolute atomic E-state index is 12.9. The molecule has 0 atom stereocenters. The molecular formula is C8H4FN2O. The maximum atomic E-state index is 12.9. The van der Waals surface area contributed by atoms with Crippen LogP contribution in [0.5, 0.6) is 0 Å². The summed E-state index contributed by atoms with van der Waals surface area (Å²) in [5.41, 5.74) is 3.61. The standard InChI is InChI=1S/C8H4FN2O/c9-7-5-3-1-2-4-6(5)8(12)11-10-7/h1-4H. The van der Waals surface area contributed by atoms with Crippen molar-refractivity contribution in [2.75, 3.05) is 0 Å². The summed E-state index contributed by atoms with van der Waals surface area (Å²) in [7, 11) is 0. The number of carbonyl (C=O) groups excluding carboxylic acids is 1. The van der Waals surface area contributed by atoms with Crippen LogP contribution in [0.2, 0.25) is 0 Å². The average molecular weight is 163 g/mol. The van der Waals surface area contributed by atoms with Gasteiger partial charge < -0.3 is 0 Å². The Kier molecular flexibility index (Phi) is 1.40. The molecule has 0 spiro atoms. The molecule has 1 heterocycles. The minimum Gasteiger partial charge on any atom is -0.265 e. The van der Waals surface area contributed by atoms with Crippen molar-refractivity contribution in [3.05, 3.63) is 35.4 Å². The predicted molar refractivity (Wildman–Crippen MR) is 40.6 cm³/mol. The van der Waals surface area contributed by atoms with Gasteiger partial charge in [0.05, 0.1) is 5.56 Å². The zero-order valence-corrected chi connectivity index (χ0v) is 5.99. The second kappa shape index (κ2) is 2.41. The average Bonchev–Trinajstić information content (AvgIpc) is 2.12. The van der Waals surface area contributed by atoms with Crippen molar-refractivity contribution in [1.82, 2.24) is 5.43 Å². The third kappa shape index (κ3) is 0.887. The van der Waals surface area contributed by atoms with Gasteiger partial charge in [0.25, 0.3) is 5.91 Å². The van der Waals surface area contributed by atoms with E-state index in [2.05, 4.69) is 10.5 Å². The number of hydrogen-bond acceptors (Lipinski definition) is 2. The Morgan fingerprint density at radius 2 is 1.83 bits per heavy atom. The molecule has 0 saturated carbocycles. The van der Waals surface area contributed by atoms with Gasteiger partial charge in [-0.05, 0) is 12.1 Å². The summed E-state index contributed by atoms with van der Waals surface area (Å²) in [6.45, 7) is 0. The van der Waals surface area contributed by atoms with Crippen molar-refractivity contribution in [3.63, 3.8) is 0 Å². The number of fused-ring (bicyclic) bond motifs is 1. The van der Waals surface area contributed by atoms with Gasteiger partial charge in [-0.1, -0.05) is 12.1 Å². The van der Waals surface area contributed by atoms with Crippen LogP contribution in [0.3, 0.4) is 0 Å². The summed E-state index contributed by atoms with van der Waals surface area (Å²) >= 11 is 0. The van der Waals surface area contributed by atoms with E-state index in [0.29, 0.717) is 0 Å². The Morgan fingerprint density at radius 3 is 2.50 bits per heavy atom. The number of nitrogens with zero attached hydrogens (tertiary/aromatic N) is 2. The van der Waals surface area contributed by atoms with Gasteiger partial charge in [0.15, 0.2) is 0 Å². The van der Waals surface area contributed by atoms with E-state index in [-0.39, 0.29) is 11.1 Å². The van der Waals surface area contributed by atoms with Gasteiger partial charge in [-0.3, -0.25) is 4.79 Å². The summed E-state index contributed by atoms with van der Waals surface area (Å²) in [5.74, 6) is -1.20. The highest BCUT2D eigenvalue weighted by atomic mass is 19.1. The summed E-state index contributed by atoms with van der Waals surface area (Å²) in [5, 5.41) is 3.08. The van der Waals surface area contributed by atoms with E-state index in [1.54, 1.807) is 12.1 Å². The van der Waals surface area contributed by atoms with E-state index in [4.69, 9.17) is 0 Å². The molecule has 0 saturated heterocycles. The lowest BCUT2D eigenvalue weighted by Crippen LogP contribution is -2.20. The van der Waals surface area contributed by atoms with Gasteiger partial charge in [-0.2, -0.15) is 4.39 Å². The Hall–Kier alpha value is -1.71. The molecule has 0 aliphatic carbocycles. The number of halogens is 1. The fourth-order valence-corrected chi connectivity index (χ4v) is 1.05. The Labute approximate surface area is 67.9 Å². The van der Waals surface area contributed by atoms with Crippen LogP contribution in [0.4, 0.5) is 4.39 Å². The molecule has 0 aromatic heterocycles. The lowest BCUT2D eigenvalue weighted by molar-refractivity contribution is 0.0946. The monoisotopic (exact) mass is 163 g/mol. The van der Waals surface area contributed by atoms with Crippen LogP contribution < -0.4 is 5.43 Å². The molecule has 1 aliphatic rings. The molecule has 1 aliphatic heterocycles. The molecule has 4 heteroatoms. The highest BCUT2D eigenvalue weighted by molar-refractivity contribution is 6.09. The summed E-state index contributed by atoms with van der Waals surface area (Å²) in [4.78, 5) is 11.0. The van der Waals surface area contributed by atoms with Crippen LogP contribution in [0, 0.1) is 0 Å². The largest absolute Gasteiger partial charge is 0.296 e. The second-order valence-corrected chi connectivity index (χ2v) is 2.34. The van der Waals surface area contributed by atoms with Gasteiger partial charge >= 0.3 is 0 Å². The molecule has 1 aromatic carbocycles. The summed E-state index contributed by atoms with van der Waals surface area (Å²) in [6.07, 6.45) is 0. The van der Waals surface area contributed by atoms with Crippen LogP contribution in [-0.4, -0.2) is 11.9 Å². The quantitative estimate of drug-likeness (QED) is 0.564. The molecule has 12 heavy (non-hydrogen) atoms. The van der Waals surface area contributed by atoms with Crippen LogP contribution in [0.15, 0.2) is 29.4 Å². The lowest BCUT2D eigenvalue weighted by atomic mass is 10.1. The van der Waals surface area contributed by atoms with E-state index >= 15 is 0 Å². The zero-order chi connectivity index (χ0) is 8.55. The van der Waals surface area contributed by atoms with Crippen LogP contribution in [0.1, 0.15) is 15.9 Å². The normalized spacial score (nSPS) is 14.8. The first-order valence-corrected chi connectivity index (χ1v) is 3.37. The van der Waals surface area contributed by atoms with Crippen LogP contribution >= 0.6 is 0 Å². The minimum atomic E-state index is -0.704.